The highest BCUT2D eigenvalue weighted by Crippen LogP contribution is 2.07. The summed E-state index contributed by atoms with van der Waals surface area (Å²) in [6.45, 7) is 5.66. The quantitative estimate of drug-likeness (QED) is 0.596. The summed E-state index contributed by atoms with van der Waals surface area (Å²) >= 11 is 1.60. The molecule has 0 aliphatic rings. The second-order valence-electron chi connectivity index (χ2n) is 1.96. The van der Waals surface area contributed by atoms with Gasteiger partial charge in [-0.1, -0.05) is 6.58 Å². The van der Waals surface area contributed by atoms with Gasteiger partial charge in [-0.25, -0.2) is 0 Å². The Labute approximate surface area is 61.4 Å². The van der Waals surface area contributed by atoms with E-state index in [0.717, 1.165) is 0 Å². The van der Waals surface area contributed by atoms with Crippen molar-refractivity contribution >= 4 is 11.8 Å². The summed E-state index contributed by atoms with van der Waals surface area (Å²) in [5, 5.41) is 3.88. The molecule has 0 aromatic carbocycles. The summed E-state index contributed by atoms with van der Waals surface area (Å²) in [5.74, 6) is 0. The van der Waals surface area contributed by atoms with Crippen LogP contribution in [0.5, 0.6) is 0 Å². The van der Waals surface area contributed by atoms with E-state index in [4.69, 9.17) is 0 Å². The van der Waals surface area contributed by atoms with Gasteiger partial charge >= 0.3 is 0 Å². The zero-order valence-electron chi connectivity index (χ0n) is 6.22. The van der Waals surface area contributed by atoms with Crippen LogP contribution in [-0.2, 0) is 0 Å². The van der Waals surface area contributed by atoms with Crippen molar-refractivity contribution in [3.63, 3.8) is 0 Å². The van der Waals surface area contributed by atoms with Crippen LogP contribution in [0.15, 0.2) is 23.1 Å². The molecule has 0 spiro atoms. The summed E-state index contributed by atoms with van der Waals surface area (Å²) in [4.78, 5) is 2.07. The van der Waals surface area contributed by atoms with Gasteiger partial charge in [-0.05, 0) is 17.7 Å². The van der Waals surface area contributed by atoms with E-state index in [1.165, 1.54) is 5.70 Å². The van der Waals surface area contributed by atoms with Gasteiger partial charge in [0, 0.05) is 19.8 Å². The number of nitrogens with zero attached hydrogens (tertiary/aromatic N) is 1. The Morgan fingerprint density at radius 3 is 2.44 bits per heavy atom. The maximum absolute atomic E-state index is 3.59. The first-order valence-corrected chi connectivity index (χ1v) is 3.73. The molecule has 52 valence electrons. The molecule has 0 aliphatic carbocycles. The standard InChI is InChI=1S/C7H13NS/c1-5-9-6-7(2)8(3)4/h5-6H,1H2,2-4H3/b7-6-. The summed E-state index contributed by atoms with van der Waals surface area (Å²) in [6.07, 6.45) is 0. The molecule has 0 rings (SSSR count). The predicted octanol–water partition coefficient (Wildman–Crippen LogP) is 2.29. The van der Waals surface area contributed by atoms with E-state index >= 15 is 0 Å². The van der Waals surface area contributed by atoms with Gasteiger partial charge in [0.05, 0.1) is 0 Å². The number of hydrogen-bond acceptors (Lipinski definition) is 2. The Kier molecular flexibility index (Phi) is 4.32. The van der Waals surface area contributed by atoms with Gasteiger partial charge in [0.1, 0.15) is 0 Å². The molecule has 0 amide bonds. The molecule has 2 heteroatoms. The lowest BCUT2D eigenvalue weighted by atomic mass is 10.5. The van der Waals surface area contributed by atoms with Crippen molar-refractivity contribution < 1.29 is 0 Å². The monoisotopic (exact) mass is 143 g/mol. The number of rotatable bonds is 3. The highest BCUT2D eigenvalue weighted by molar-refractivity contribution is 8.04. The van der Waals surface area contributed by atoms with E-state index in [9.17, 15) is 0 Å². The molecule has 9 heavy (non-hydrogen) atoms. The third-order valence-electron chi connectivity index (χ3n) is 1.04. The van der Waals surface area contributed by atoms with Gasteiger partial charge in [0.2, 0.25) is 0 Å². The minimum atomic E-state index is 1.25. The predicted molar refractivity (Wildman–Crippen MR) is 45.2 cm³/mol. The van der Waals surface area contributed by atoms with Crippen LogP contribution in [0.25, 0.3) is 0 Å². The zero-order chi connectivity index (χ0) is 7.28. The minimum Gasteiger partial charge on any atom is -0.381 e. The normalized spacial score (nSPS) is 11.2. The number of allylic oxidation sites excluding steroid dienone is 1. The molecule has 0 heterocycles. The maximum Gasteiger partial charge on any atom is 0.0163 e. The van der Waals surface area contributed by atoms with Crippen molar-refractivity contribution in [3.05, 3.63) is 23.1 Å². The molecule has 0 aromatic heterocycles. The van der Waals surface area contributed by atoms with Gasteiger partial charge in [0.15, 0.2) is 0 Å². The lowest BCUT2D eigenvalue weighted by molar-refractivity contribution is 0.515. The molecular weight excluding hydrogens is 130 g/mol. The topological polar surface area (TPSA) is 3.24 Å². The van der Waals surface area contributed by atoms with Crippen LogP contribution in [0, 0.1) is 0 Å². The van der Waals surface area contributed by atoms with Gasteiger partial charge in [-0.2, -0.15) is 0 Å². The highest BCUT2D eigenvalue weighted by atomic mass is 32.2. The Morgan fingerprint density at radius 1 is 1.56 bits per heavy atom. The molecule has 0 saturated heterocycles. The summed E-state index contributed by atoms with van der Waals surface area (Å²) in [6, 6.07) is 0. The molecule has 0 fully saturated rings. The van der Waals surface area contributed by atoms with Crippen molar-refractivity contribution in [3.8, 4) is 0 Å². The van der Waals surface area contributed by atoms with E-state index in [-0.39, 0.29) is 0 Å². The Morgan fingerprint density at radius 2 is 2.11 bits per heavy atom. The second kappa shape index (κ2) is 4.50. The first-order valence-electron chi connectivity index (χ1n) is 2.79. The fourth-order valence-corrected chi connectivity index (χ4v) is 0.756. The van der Waals surface area contributed by atoms with Crippen LogP contribution < -0.4 is 0 Å². The molecule has 0 unspecified atom stereocenters. The van der Waals surface area contributed by atoms with Gasteiger partial charge in [-0.15, -0.1) is 11.8 Å². The van der Waals surface area contributed by atoms with Crippen LogP contribution in [0.3, 0.4) is 0 Å². The summed E-state index contributed by atoms with van der Waals surface area (Å²) in [7, 11) is 4.05. The van der Waals surface area contributed by atoms with E-state index in [0.29, 0.717) is 0 Å². The fourth-order valence-electron chi connectivity index (χ4n) is 0.252. The van der Waals surface area contributed by atoms with E-state index in [1.54, 1.807) is 11.8 Å². The average molecular weight is 143 g/mol. The van der Waals surface area contributed by atoms with Crippen LogP contribution in [0.4, 0.5) is 0 Å². The minimum absolute atomic E-state index is 1.25. The molecular formula is C7H13NS. The average Bonchev–Trinajstić information content (AvgIpc) is 1.82. The smallest absolute Gasteiger partial charge is 0.0163 e. The largest absolute Gasteiger partial charge is 0.381 e. The molecule has 0 atom stereocenters. The number of hydrogen-bond donors (Lipinski definition) is 0. The molecule has 0 aliphatic heterocycles. The van der Waals surface area contributed by atoms with Crippen LogP contribution in [0.1, 0.15) is 6.92 Å². The van der Waals surface area contributed by atoms with E-state index in [1.807, 2.05) is 19.5 Å². The van der Waals surface area contributed by atoms with Crippen molar-refractivity contribution in [2.45, 2.75) is 6.92 Å². The molecule has 1 nitrogen and oxygen atoms in total. The van der Waals surface area contributed by atoms with Crippen molar-refractivity contribution in [2.75, 3.05) is 14.1 Å². The fraction of sp³-hybridized carbons (Fsp3) is 0.429. The first kappa shape index (κ1) is 8.63. The van der Waals surface area contributed by atoms with Crippen LogP contribution >= 0.6 is 11.8 Å². The second-order valence-corrected chi connectivity index (χ2v) is 2.80. The Hall–Kier alpha value is -0.370. The lowest BCUT2D eigenvalue weighted by Crippen LogP contribution is -2.06. The van der Waals surface area contributed by atoms with Gasteiger partial charge in [-0.3, -0.25) is 0 Å². The van der Waals surface area contributed by atoms with Crippen molar-refractivity contribution in [1.82, 2.24) is 4.90 Å². The SMILES string of the molecule is C=CS/C=C(/C)N(C)C. The number of thioether (sulfide) groups is 1. The molecule has 0 radical (unpaired) electrons. The summed E-state index contributed by atoms with van der Waals surface area (Å²) in [5.41, 5.74) is 1.25. The molecule has 0 saturated carbocycles. The lowest BCUT2D eigenvalue weighted by Gasteiger charge is -2.10. The Balaban J connectivity index is 3.68. The third kappa shape index (κ3) is 4.15. The Bertz CT molecular complexity index is 116. The summed E-state index contributed by atoms with van der Waals surface area (Å²) < 4.78 is 0. The van der Waals surface area contributed by atoms with Gasteiger partial charge in [0.25, 0.3) is 0 Å². The van der Waals surface area contributed by atoms with Gasteiger partial charge < -0.3 is 4.90 Å². The highest BCUT2D eigenvalue weighted by Gasteiger charge is 1.86. The van der Waals surface area contributed by atoms with Crippen molar-refractivity contribution in [1.29, 1.82) is 0 Å². The molecule has 0 bridgehead atoms. The van der Waals surface area contributed by atoms with Crippen LogP contribution in [-0.4, -0.2) is 19.0 Å². The van der Waals surface area contributed by atoms with E-state index in [2.05, 4.69) is 23.8 Å². The zero-order valence-corrected chi connectivity index (χ0v) is 7.03. The molecule has 0 aromatic rings. The molecule has 0 N–H and O–H groups in total. The van der Waals surface area contributed by atoms with Crippen LogP contribution in [0.2, 0.25) is 0 Å². The maximum atomic E-state index is 3.59. The van der Waals surface area contributed by atoms with Crippen molar-refractivity contribution in [2.24, 2.45) is 0 Å². The third-order valence-corrected chi connectivity index (χ3v) is 1.71. The first-order chi connectivity index (χ1) is 4.18. The van der Waals surface area contributed by atoms with E-state index < -0.39 is 0 Å².